The van der Waals surface area contributed by atoms with Gasteiger partial charge in [0.1, 0.15) is 11.5 Å². The summed E-state index contributed by atoms with van der Waals surface area (Å²) in [6, 6.07) is 6.34. The Morgan fingerprint density at radius 1 is 1.45 bits per heavy atom. The molecule has 2 aromatic rings. The fraction of sp³-hybridized carbons (Fsp3) is 0.312. The zero-order valence-electron chi connectivity index (χ0n) is 11.9. The number of rotatable bonds is 2. The largest absolute Gasteiger partial charge is 0.464 e. The van der Waals surface area contributed by atoms with E-state index in [-0.39, 0.29) is 11.7 Å². The highest BCUT2D eigenvalue weighted by molar-refractivity contribution is 9.10. The summed E-state index contributed by atoms with van der Waals surface area (Å²) in [7, 11) is 1.30. The van der Waals surface area contributed by atoms with Crippen molar-refractivity contribution in [3.05, 3.63) is 39.6 Å². The van der Waals surface area contributed by atoms with Crippen molar-refractivity contribution in [1.82, 2.24) is 9.55 Å². The van der Waals surface area contributed by atoms with Crippen LogP contribution in [0.5, 0.6) is 0 Å². The molecule has 1 aromatic carbocycles. The van der Waals surface area contributed by atoms with E-state index in [0.29, 0.717) is 23.7 Å². The number of halogens is 1. The fourth-order valence-corrected chi connectivity index (χ4v) is 3.86. The smallest absolute Gasteiger partial charge is 0.359 e. The van der Waals surface area contributed by atoms with Gasteiger partial charge in [0, 0.05) is 16.1 Å². The molecular formula is C16H13BrN2O3. The average molecular weight is 361 g/mol. The first-order valence-electron chi connectivity index (χ1n) is 7.09. The third-order valence-electron chi connectivity index (χ3n) is 4.61. The first kappa shape index (κ1) is 13.7. The van der Waals surface area contributed by atoms with Crippen molar-refractivity contribution in [2.75, 3.05) is 7.11 Å². The molecule has 1 saturated carbocycles. The average Bonchev–Trinajstić information content (AvgIpc) is 2.74. The van der Waals surface area contributed by atoms with Crippen LogP contribution in [-0.2, 0) is 4.74 Å². The Kier molecular flexibility index (Phi) is 2.97. The summed E-state index contributed by atoms with van der Waals surface area (Å²) < 4.78 is 7.63. The molecule has 0 spiro atoms. The standard InChI is InChI=1S/C16H13BrN2O3/c1-22-16(21)14-13(7-20)19-10-4-8(5-10)11-3-2-9(17)6-12(11)15(19)18-14/h2-3,6-8,10H,4-5H2,1H3. The Labute approximate surface area is 135 Å². The molecule has 0 amide bonds. The van der Waals surface area contributed by atoms with Crippen LogP contribution in [0.25, 0.3) is 11.4 Å². The van der Waals surface area contributed by atoms with Crippen LogP contribution in [-0.4, -0.2) is 28.9 Å². The van der Waals surface area contributed by atoms with E-state index >= 15 is 0 Å². The van der Waals surface area contributed by atoms with E-state index in [1.807, 2.05) is 16.7 Å². The minimum atomic E-state index is -0.574. The van der Waals surface area contributed by atoms with Gasteiger partial charge in [-0.2, -0.15) is 0 Å². The first-order valence-corrected chi connectivity index (χ1v) is 7.89. The van der Waals surface area contributed by atoms with Crippen molar-refractivity contribution < 1.29 is 14.3 Å². The lowest BCUT2D eigenvalue weighted by Gasteiger charge is -2.35. The number of esters is 1. The molecule has 1 aliphatic carbocycles. The number of imidazole rings is 1. The lowest BCUT2D eigenvalue weighted by Crippen LogP contribution is -2.24. The lowest BCUT2D eigenvalue weighted by atomic mass is 9.75. The van der Waals surface area contributed by atoms with Gasteiger partial charge in [0.25, 0.3) is 0 Å². The van der Waals surface area contributed by atoms with Gasteiger partial charge in [-0.25, -0.2) is 9.78 Å². The molecule has 2 aliphatic heterocycles. The summed E-state index contributed by atoms with van der Waals surface area (Å²) in [6.45, 7) is 0. The number of hydrogen-bond donors (Lipinski definition) is 0. The van der Waals surface area contributed by atoms with Crippen molar-refractivity contribution in [3.63, 3.8) is 0 Å². The van der Waals surface area contributed by atoms with E-state index in [1.54, 1.807) is 0 Å². The zero-order chi connectivity index (χ0) is 15.4. The van der Waals surface area contributed by atoms with Gasteiger partial charge < -0.3 is 9.30 Å². The normalized spacial score (nSPS) is 21.2. The maximum atomic E-state index is 11.9. The Morgan fingerprint density at radius 3 is 2.91 bits per heavy atom. The van der Waals surface area contributed by atoms with Crippen LogP contribution in [0, 0.1) is 0 Å². The molecule has 1 aromatic heterocycles. The lowest BCUT2D eigenvalue weighted by molar-refractivity contribution is 0.0591. The Hall–Kier alpha value is -1.95. The highest BCUT2D eigenvalue weighted by Crippen LogP contribution is 2.52. The quantitative estimate of drug-likeness (QED) is 0.608. The molecular weight excluding hydrogens is 348 g/mol. The molecule has 1 fully saturated rings. The highest BCUT2D eigenvalue weighted by Gasteiger charge is 2.41. The van der Waals surface area contributed by atoms with Gasteiger partial charge in [-0.1, -0.05) is 22.0 Å². The third kappa shape index (κ3) is 1.73. The maximum Gasteiger partial charge on any atom is 0.359 e. The topological polar surface area (TPSA) is 61.2 Å². The molecule has 0 saturated heterocycles. The molecule has 5 nitrogen and oxygen atoms in total. The second kappa shape index (κ2) is 4.78. The number of hydrogen-bond acceptors (Lipinski definition) is 4. The predicted molar refractivity (Wildman–Crippen MR) is 83.1 cm³/mol. The Balaban J connectivity index is 2.03. The SMILES string of the molecule is COC(=O)c1nc2n(c1C=O)C1CC(C1)c1ccc(Br)cc1-2. The second-order valence-electron chi connectivity index (χ2n) is 5.70. The molecule has 22 heavy (non-hydrogen) atoms. The van der Waals surface area contributed by atoms with E-state index in [4.69, 9.17) is 4.74 Å². The molecule has 3 heterocycles. The molecule has 112 valence electrons. The van der Waals surface area contributed by atoms with E-state index < -0.39 is 5.97 Å². The number of nitrogens with zero attached hydrogens (tertiary/aromatic N) is 2. The van der Waals surface area contributed by atoms with Crippen LogP contribution in [0.2, 0.25) is 0 Å². The van der Waals surface area contributed by atoms with Crippen LogP contribution in [0.1, 0.15) is 51.3 Å². The van der Waals surface area contributed by atoms with Crippen LogP contribution >= 0.6 is 15.9 Å². The van der Waals surface area contributed by atoms with Crippen molar-refractivity contribution in [1.29, 1.82) is 0 Å². The number of carbonyl (C=O) groups is 2. The molecule has 0 unspecified atom stereocenters. The summed E-state index contributed by atoms with van der Waals surface area (Å²) in [5, 5.41) is 0. The summed E-state index contributed by atoms with van der Waals surface area (Å²) in [5.74, 6) is 0.606. The molecule has 0 radical (unpaired) electrons. The van der Waals surface area contributed by atoms with Gasteiger partial charge in [0.15, 0.2) is 12.0 Å². The maximum absolute atomic E-state index is 11.9. The summed E-state index contributed by atoms with van der Waals surface area (Å²) >= 11 is 3.49. The fourth-order valence-electron chi connectivity index (χ4n) is 3.50. The molecule has 0 atom stereocenters. The zero-order valence-corrected chi connectivity index (χ0v) is 13.5. The minimum absolute atomic E-state index is 0.101. The van der Waals surface area contributed by atoms with Crippen molar-refractivity contribution in [2.24, 2.45) is 0 Å². The van der Waals surface area contributed by atoms with Gasteiger partial charge in [0.05, 0.1) is 7.11 Å². The minimum Gasteiger partial charge on any atom is -0.464 e. The number of methoxy groups -OCH3 is 1. The summed E-state index contributed by atoms with van der Waals surface area (Å²) in [5.41, 5.74) is 2.64. The van der Waals surface area contributed by atoms with Crippen molar-refractivity contribution in [2.45, 2.75) is 24.8 Å². The van der Waals surface area contributed by atoms with Gasteiger partial charge in [0.2, 0.25) is 0 Å². The van der Waals surface area contributed by atoms with Crippen LogP contribution in [0.3, 0.4) is 0 Å². The van der Waals surface area contributed by atoms with Crippen LogP contribution < -0.4 is 0 Å². The number of aldehydes is 1. The molecule has 5 rings (SSSR count). The van der Waals surface area contributed by atoms with Gasteiger partial charge in [-0.15, -0.1) is 0 Å². The molecule has 6 heteroatoms. The van der Waals surface area contributed by atoms with Gasteiger partial charge in [-0.3, -0.25) is 4.79 Å². The molecule has 2 bridgehead atoms. The van der Waals surface area contributed by atoms with Gasteiger partial charge in [-0.05, 0) is 36.5 Å². The van der Waals surface area contributed by atoms with E-state index in [1.165, 1.54) is 12.7 Å². The molecule has 3 aliphatic rings. The summed E-state index contributed by atoms with van der Waals surface area (Å²) in [6.07, 6.45) is 2.65. The molecule has 0 N–H and O–H groups in total. The predicted octanol–water partition coefficient (Wildman–Crippen LogP) is 3.34. The number of aromatic nitrogens is 2. The second-order valence-corrected chi connectivity index (χ2v) is 6.62. The van der Waals surface area contributed by atoms with Crippen LogP contribution in [0.4, 0.5) is 0 Å². The number of carbonyl (C=O) groups excluding carboxylic acids is 2. The van der Waals surface area contributed by atoms with Crippen molar-refractivity contribution >= 4 is 28.2 Å². The van der Waals surface area contributed by atoms with Crippen LogP contribution in [0.15, 0.2) is 22.7 Å². The summed E-state index contributed by atoms with van der Waals surface area (Å²) in [4.78, 5) is 27.9. The first-order chi connectivity index (χ1) is 10.6. The third-order valence-corrected chi connectivity index (χ3v) is 5.11. The van der Waals surface area contributed by atoms with Gasteiger partial charge >= 0.3 is 5.97 Å². The Bertz CT molecular complexity index is 806. The number of benzene rings is 1. The highest BCUT2D eigenvalue weighted by atomic mass is 79.9. The monoisotopic (exact) mass is 360 g/mol. The van der Waals surface area contributed by atoms with E-state index in [9.17, 15) is 9.59 Å². The van der Waals surface area contributed by atoms with E-state index in [2.05, 4.69) is 27.0 Å². The van der Waals surface area contributed by atoms with Crippen molar-refractivity contribution in [3.8, 4) is 11.4 Å². The Morgan fingerprint density at radius 2 is 2.23 bits per heavy atom. The number of ether oxygens (including phenoxy) is 1. The van der Waals surface area contributed by atoms with E-state index in [0.717, 1.165) is 22.9 Å².